The molecule has 0 unspecified atom stereocenters. The molecule has 11 heavy (non-hydrogen) atoms. The van der Waals surface area contributed by atoms with Crippen molar-refractivity contribution in [3.63, 3.8) is 0 Å². The van der Waals surface area contributed by atoms with Crippen molar-refractivity contribution in [1.29, 1.82) is 0 Å². The standard InChI is InChI=1S/C7H6NO2.BrH/c9-7(10)6-8-4-2-1-3-5-8;/h2-5H,6H2;1H. The number of carboxylic acids is 1. The molecule has 0 aliphatic rings. The lowest BCUT2D eigenvalue weighted by Crippen LogP contribution is -3.00. The molecule has 0 saturated heterocycles. The van der Waals surface area contributed by atoms with Crippen LogP contribution in [0.2, 0.25) is 0 Å². The van der Waals surface area contributed by atoms with E-state index in [1.54, 1.807) is 29.1 Å². The van der Waals surface area contributed by atoms with E-state index in [4.69, 9.17) is 5.11 Å². The summed E-state index contributed by atoms with van der Waals surface area (Å²) in [4.78, 5) is 10.1. The molecule has 0 fully saturated rings. The molecule has 0 aliphatic heterocycles. The Morgan fingerprint density at radius 3 is 2.45 bits per heavy atom. The van der Waals surface area contributed by atoms with Crippen LogP contribution in [0.1, 0.15) is 0 Å². The van der Waals surface area contributed by atoms with E-state index < -0.39 is 5.97 Å². The Morgan fingerprint density at radius 2 is 2.00 bits per heavy atom. The summed E-state index contributed by atoms with van der Waals surface area (Å²) in [5.74, 6) is -0.837. The molecule has 4 heteroatoms. The summed E-state index contributed by atoms with van der Waals surface area (Å²) in [6, 6.07) is 6.13. The number of hydrogen-bond donors (Lipinski definition) is 1. The summed E-state index contributed by atoms with van der Waals surface area (Å²) in [5, 5.41) is 8.34. The molecule has 1 N–H and O–H groups in total. The Labute approximate surface area is 75.1 Å². The van der Waals surface area contributed by atoms with Gasteiger partial charge in [-0.25, -0.2) is 4.79 Å². The molecule has 0 bridgehead atoms. The van der Waals surface area contributed by atoms with E-state index in [1.807, 2.05) is 0 Å². The maximum absolute atomic E-state index is 10.1. The number of halogens is 1. The first-order valence-corrected chi connectivity index (χ1v) is 2.86. The summed E-state index contributed by atoms with van der Waals surface area (Å²) >= 11 is 0. The quantitative estimate of drug-likeness (QED) is 0.532. The van der Waals surface area contributed by atoms with Crippen LogP contribution in [0, 0.1) is 6.07 Å². The highest BCUT2D eigenvalue weighted by Crippen LogP contribution is 1.74. The van der Waals surface area contributed by atoms with Gasteiger partial charge in [0.1, 0.15) is 0 Å². The van der Waals surface area contributed by atoms with E-state index >= 15 is 0 Å². The van der Waals surface area contributed by atoms with Crippen LogP contribution in [0.3, 0.4) is 0 Å². The van der Waals surface area contributed by atoms with Crippen molar-refractivity contribution in [1.82, 2.24) is 0 Å². The molecule has 59 valence electrons. The van der Waals surface area contributed by atoms with Crippen molar-refractivity contribution in [3.05, 3.63) is 30.6 Å². The zero-order valence-corrected chi connectivity index (χ0v) is 7.28. The molecule has 1 aromatic rings. The Kier molecular flexibility index (Phi) is 4.45. The number of carbonyl (C=O) groups is 1. The van der Waals surface area contributed by atoms with E-state index in [0.717, 1.165) is 0 Å². The fourth-order valence-corrected chi connectivity index (χ4v) is 0.644. The Hall–Kier alpha value is -0.900. The zero-order chi connectivity index (χ0) is 7.40. The number of aromatic nitrogens is 1. The SMILES string of the molecule is O=C(O)C[n+]1cc[c]cc1.[Br-]. The summed E-state index contributed by atoms with van der Waals surface area (Å²) in [6.45, 7) is 0.00861. The molecule has 1 heterocycles. The molecule has 0 aromatic carbocycles. The van der Waals surface area contributed by atoms with Crippen LogP contribution in [-0.4, -0.2) is 11.1 Å². The largest absolute Gasteiger partial charge is 1.00 e. The third-order valence-corrected chi connectivity index (χ3v) is 1.04. The van der Waals surface area contributed by atoms with Gasteiger partial charge in [-0.05, 0) is 6.07 Å². The Morgan fingerprint density at radius 1 is 1.45 bits per heavy atom. The maximum atomic E-state index is 10.1. The van der Waals surface area contributed by atoms with Crippen molar-refractivity contribution in [2.45, 2.75) is 6.54 Å². The molecule has 1 rings (SSSR count). The van der Waals surface area contributed by atoms with Gasteiger partial charge in [-0.3, -0.25) is 0 Å². The molecule has 1 aromatic heterocycles. The van der Waals surface area contributed by atoms with Gasteiger partial charge < -0.3 is 22.1 Å². The van der Waals surface area contributed by atoms with Crippen LogP contribution in [0.15, 0.2) is 24.5 Å². The fraction of sp³-hybridized carbons (Fsp3) is 0.143. The minimum atomic E-state index is -0.837. The van der Waals surface area contributed by atoms with Gasteiger partial charge in [-0.15, -0.1) is 0 Å². The second-order valence-corrected chi connectivity index (χ2v) is 1.86. The van der Waals surface area contributed by atoms with Gasteiger partial charge in [0.05, 0.1) is 0 Å². The molecule has 0 aliphatic carbocycles. The maximum Gasteiger partial charge on any atom is 0.370 e. The van der Waals surface area contributed by atoms with Crippen LogP contribution in [0.4, 0.5) is 0 Å². The van der Waals surface area contributed by atoms with Gasteiger partial charge in [0.15, 0.2) is 12.4 Å². The average Bonchev–Trinajstić information content (AvgIpc) is 1.88. The van der Waals surface area contributed by atoms with E-state index in [1.165, 1.54) is 0 Å². The van der Waals surface area contributed by atoms with Crippen molar-refractivity contribution in [3.8, 4) is 0 Å². The number of aliphatic carboxylic acids is 1. The van der Waals surface area contributed by atoms with Crippen molar-refractivity contribution >= 4 is 5.97 Å². The Balaban J connectivity index is 0.000001000. The van der Waals surface area contributed by atoms with Gasteiger partial charge in [0, 0.05) is 12.1 Å². The summed E-state index contributed by atoms with van der Waals surface area (Å²) in [6.07, 6.45) is 3.32. The number of rotatable bonds is 2. The topological polar surface area (TPSA) is 41.2 Å². The number of pyridine rings is 1. The smallest absolute Gasteiger partial charge is 0.370 e. The van der Waals surface area contributed by atoms with Crippen molar-refractivity contribution in [2.75, 3.05) is 0 Å². The Bertz CT molecular complexity index is 225. The van der Waals surface area contributed by atoms with Gasteiger partial charge in [-0.2, -0.15) is 4.57 Å². The third kappa shape index (κ3) is 3.72. The molecule has 0 spiro atoms. The summed E-state index contributed by atoms with van der Waals surface area (Å²) < 4.78 is 1.57. The zero-order valence-electron chi connectivity index (χ0n) is 5.70. The van der Waals surface area contributed by atoms with Crippen LogP contribution in [0.25, 0.3) is 0 Å². The van der Waals surface area contributed by atoms with Crippen LogP contribution in [0.5, 0.6) is 0 Å². The molecule has 0 saturated carbocycles. The normalized spacial score (nSPS) is 8.36. The van der Waals surface area contributed by atoms with E-state index in [0.29, 0.717) is 0 Å². The highest BCUT2D eigenvalue weighted by molar-refractivity contribution is 5.64. The number of nitrogens with zero attached hydrogens (tertiary/aromatic N) is 1. The van der Waals surface area contributed by atoms with Crippen LogP contribution >= 0.6 is 0 Å². The van der Waals surface area contributed by atoms with Gasteiger partial charge in [0.2, 0.25) is 6.54 Å². The minimum Gasteiger partial charge on any atom is -1.00 e. The molecule has 3 nitrogen and oxygen atoms in total. The molecular weight excluding hydrogens is 210 g/mol. The summed E-state index contributed by atoms with van der Waals surface area (Å²) in [5.41, 5.74) is 0. The fourth-order valence-electron chi connectivity index (χ4n) is 0.644. The first kappa shape index (κ1) is 10.1. The van der Waals surface area contributed by atoms with Gasteiger partial charge in [0.25, 0.3) is 0 Å². The van der Waals surface area contributed by atoms with Crippen molar-refractivity contribution < 1.29 is 31.4 Å². The van der Waals surface area contributed by atoms with E-state index in [2.05, 4.69) is 6.07 Å². The lowest BCUT2D eigenvalue weighted by atomic mass is 10.5. The number of carboxylic acid groups (broad SMARTS) is 1. The summed E-state index contributed by atoms with van der Waals surface area (Å²) in [7, 11) is 0. The van der Waals surface area contributed by atoms with Gasteiger partial charge in [-0.1, -0.05) is 0 Å². The lowest BCUT2D eigenvalue weighted by Gasteiger charge is -1.87. The van der Waals surface area contributed by atoms with E-state index in [9.17, 15) is 4.79 Å². The monoisotopic (exact) mass is 216 g/mol. The van der Waals surface area contributed by atoms with Crippen LogP contribution in [-0.2, 0) is 11.3 Å². The lowest BCUT2D eigenvalue weighted by molar-refractivity contribution is -0.685. The number of hydrogen-bond acceptors (Lipinski definition) is 1. The molecule has 0 amide bonds. The first-order valence-electron chi connectivity index (χ1n) is 2.86. The van der Waals surface area contributed by atoms with Gasteiger partial charge >= 0.3 is 5.97 Å². The third-order valence-electron chi connectivity index (χ3n) is 1.04. The first-order chi connectivity index (χ1) is 4.79. The van der Waals surface area contributed by atoms with Crippen LogP contribution < -0.4 is 21.5 Å². The minimum absolute atomic E-state index is 0. The highest BCUT2D eigenvalue weighted by Gasteiger charge is 2.03. The molecule has 1 radical (unpaired) electrons. The highest BCUT2D eigenvalue weighted by atomic mass is 79.9. The second kappa shape index (κ2) is 4.85. The second-order valence-electron chi connectivity index (χ2n) is 1.86. The van der Waals surface area contributed by atoms with E-state index in [-0.39, 0.29) is 23.5 Å². The molecular formula is C7H7BrNO2. The van der Waals surface area contributed by atoms with Crippen molar-refractivity contribution in [2.24, 2.45) is 0 Å². The predicted octanol–water partition coefficient (Wildman–Crippen LogP) is -3.14. The molecule has 0 atom stereocenters. The average molecular weight is 217 g/mol. The predicted molar refractivity (Wildman–Crippen MR) is 33.1 cm³/mol.